The number of carbonyl (C=O) groups is 3. The Morgan fingerprint density at radius 3 is 2.00 bits per heavy atom. The topological polar surface area (TPSA) is 117 Å². The average molecular weight is 702 g/mol. The van der Waals surface area contributed by atoms with Crippen LogP contribution in [0.4, 0.5) is 5.69 Å². The van der Waals surface area contributed by atoms with Crippen LogP contribution in [0, 0.1) is 0 Å². The molecule has 0 unspecified atom stereocenters. The second kappa shape index (κ2) is 13.5. The maximum Gasteiger partial charge on any atom is 0.359 e. The van der Waals surface area contributed by atoms with Gasteiger partial charge >= 0.3 is 5.97 Å². The number of hydrazone groups is 1. The molecule has 4 rings (SSSR count). The Hall–Kier alpha value is -3.31. The van der Waals surface area contributed by atoms with E-state index < -0.39 is 23.5 Å². The fourth-order valence-electron chi connectivity index (χ4n) is 3.88. The third kappa shape index (κ3) is 6.77. The number of hydrogen-bond acceptors (Lipinski definition) is 7. The first-order valence-electron chi connectivity index (χ1n) is 12.1. The van der Waals surface area contributed by atoms with Crippen LogP contribution in [-0.2, 0) is 14.3 Å². The molecule has 9 nitrogen and oxygen atoms in total. The molecule has 1 aliphatic rings. The van der Waals surface area contributed by atoms with Crippen LogP contribution >= 0.6 is 69.6 Å². The van der Waals surface area contributed by atoms with E-state index in [-0.39, 0.29) is 70.7 Å². The zero-order valence-corrected chi connectivity index (χ0v) is 26.5. The number of nitrogens with zero attached hydrogens (tertiary/aromatic N) is 4. The Balaban J connectivity index is 1.68. The molecule has 0 radical (unpaired) electrons. The molecule has 0 saturated carbocycles. The fourth-order valence-corrected chi connectivity index (χ4v) is 5.84. The van der Waals surface area contributed by atoms with Gasteiger partial charge in [0.25, 0.3) is 5.91 Å². The highest BCUT2D eigenvalue weighted by Gasteiger charge is 2.35. The summed E-state index contributed by atoms with van der Waals surface area (Å²) in [4.78, 5) is 38.1. The lowest BCUT2D eigenvalue weighted by Gasteiger charge is -2.15. The van der Waals surface area contributed by atoms with Gasteiger partial charge in [0.2, 0.25) is 0 Å². The maximum absolute atomic E-state index is 13.3. The SMILES string of the molecule is CCOC(=O)c1nn(-c2c(Cl)cc(Cl)cc2Cl)c([O-])c1/C=C/C=C/C=C1\C(=O)N(c2c(Cl)cc(Cl)cc2Cl)N=C1C(C)=O. The molecule has 1 amide bonds. The Kier molecular flexibility index (Phi) is 10.3. The lowest BCUT2D eigenvalue weighted by molar-refractivity contribution is -0.278. The Bertz CT molecular complexity index is 1750. The minimum absolute atomic E-state index is 0.0317. The van der Waals surface area contributed by atoms with E-state index in [0.717, 1.165) is 9.69 Å². The number of carbonyl (C=O) groups excluding carboxylic acids is 3. The van der Waals surface area contributed by atoms with Crippen molar-refractivity contribution in [3.63, 3.8) is 0 Å². The number of anilines is 1. The number of aromatic nitrogens is 2. The van der Waals surface area contributed by atoms with E-state index in [9.17, 15) is 19.5 Å². The van der Waals surface area contributed by atoms with Crippen LogP contribution in [0.3, 0.4) is 0 Å². The Labute approximate surface area is 275 Å². The first-order chi connectivity index (χ1) is 20.3. The molecule has 0 spiro atoms. The van der Waals surface area contributed by atoms with Crippen LogP contribution < -0.4 is 10.1 Å². The van der Waals surface area contributed by atoms with Crippen molar-refractivity contribution in [2.75, 3.05) is 11.6 Å². The van der Waals surface area contributed by atoms with Crippen molar-refractivity contribution in [3.05, 3.63) is 95.5 Å². The van der Waals surface area contributed by atoms with Crippen molar-refractivity contribution in [2.24, 2.45) is 5.10 Å². The zero-order valence-electron chi connectivity index (χ0n) is 22.0. The summed E-state index contributed by atoms with van der Waals surface area (Å²) in [6, 6.07) is 5.53. The van der Waals surface area contributed by atoms with Gasteiger partial charge in [-0.15, -0.1) is 0 Å². The molecule has 1 aromatic heterocycles. The summed E-state index contributed by atoms with van der Waals surface area (Å²) in [5.41, 5.74) is -0.443. The van der Waals surface area contributed by atoms with Crippen LogP contribution in [0.25, 0.3) is 11.8 Å². The molecule has 0 saturated heterocycles. The van der Waals surface area contributed by atoms with Gasteiger partial charge in [-0.3, -0.25) is 9.59 Å². The van der Waals surface area contributed by atoms with E-state index in [1.807, 2.05) is 0 Å². The molecular weight excluding hydrogens is 685 g/mol. The first-order valence-corrected chi connectivity index (χ1v) is 14.4. The molecule has 43 heavy (non-hydrogen) atoms. The second-order valence-electron chi connectivity index (χ2n) is 8.58. The molecule has 0 bridgehead atoms. The Morgan fingerprint density at radius 1 is 0.907 bits per heavy atom. The largest absolute Gasteiger partial charge is 0.858 e. The highest BCUT2D eigenvalue weighted by atomic mass is 35.5. The zero-order chi connectivity index (χ0) is 31.6. The van der Waals surface area contributed by atoms with Gasteiger partial charge < -0.3 is 9.84 Å². The highest BCUT2D eigenvalue weighted by molar-refractivity contribution is 6.55. The smallest absolute Gasteiger partial charge is 0.359 e. The lowest BCUT2D eigenvalue weighted by Crippen LogP contribution is -2.22. The summed E-state index contributed by atoms with van der Waals surface area (Å²) in [7, 11) is 0. The first kappa shape index (κ1) is 32.6. The van der Waals surface area contributed by atoms with Crippen LogP contribution in [0.2, 0.25) is 30.1 Å². The quantitative estimate of drug-likeness (QED) is 0.136. The number of ether oxygens (including phenoxy) is 1. The minimum atomic E-state index is -0.844. The second-order valence-corrected chi connectivity index (χ2v) is 11.1. The molecule has 222 valence electrons. The number of rotatable bonds is 8. The molecule has 0 N–H and O–H groups in total. The number of benzene rings is 2. The molecular formula is C28H17Cl6N4O5-. The van der Waals surface area contributed by atoms with Crippen molar-refractivity contribution < 1.29 is 24.2 Å². The summed E-state index contributed by atoms with van der Waals surface area (Å²) in [5, 5.41) is 23.1. The third-order valence-electron chi connectivity index (χ3n) is 5.69. The van der Waals surface area contributed by atoms with Crippen molar-refractivity contribution >= 4 is 105 Å². The number of allylic oxidation sites excluding steroid dienone is 4. The standard InChI is InChI=1S/C28H18Cl6N4O5/c1-3-43-28(42)23-17(27(41)38(36-23)25-20(33)11-15(30)12-21(25)34)8-6-4-5-7-16-22(13(2)39)35-37(26(16)40)24-18(31)9-14(29)10-19(24)32/h4-12,41H,3H2,1-2H3/p-1/b5-4+,8-6+,16-7-. The van der Waals surface area contributed by atoms with E-state index in [1.54, 1.807) is 6.92 Å². The summed E-state index contributed by atoms with van der Waals surface area (Å²) in [6.07, 6.45) is 6.98. The third-order valence-corrected chi connectivity index (χ3v) is 7.28. The molecule has 1 aliphatic heterocycles. The summed E-state index contributed by atoms with van der Waals surface area (Å²) in [6.45, 7) is 2.89. The van der Waals surface area contributed by atoms with Gasteiger partial charge in [-0.2, -0.15) is 15.2 Å². The van der Waals surface area contributed by atoms with Crippen molar-refractivity contribution in [1.82, 2.24) is 9.78 Å². The number of hydrogen-bond donors (Lipinski definition) is 0. The van der Waals surface area contributed by atoms with Gasteiger partial charge in [0.15, 0.2) is 11.5 Å². The highest BCUT2D eigenvalue weighted by Crippen LogP contribution is 2.39. The van der Waals surface area contributed by atoms with Crippen LogP contribution in [-0.4, -0.2) is 39.8 Å². The maximum atomic E-state index is 13.3. The van der Waals surface area contributed by atoms with Gasteiger partial charge in [0.1, 0.15) is 17.1 Å². The van der Waals surface area contributed by atoms with Crippen LogP contribution in [0.15, 0.2) is 59.2 Å². The molecule has 3 aromatic rings. The van der Waals surface area contributed by atoms with E-state index in [0.29, 0.717) is 0 Å². The normalized spacial score (nSPS) is 14.4. The summed E-state index contributed by atoms with van der Waals surface area (Å²) >= 11 is 37.0. The predicted octanol–water partition coefficient (Wildman–Crippen LogP) is 7.53. The number of amides is 1. The van der Waals surface area contributed by atoms with Gasteiger partial charge in [-0.05, 0) is 43.1 Å². The number of halogens is 6. The van der Waals surface area contributed by atoms with E-state index in [2.05, 4.69) is 10.2 Å². The van der Waals surface area contributed by atoms with Gasteiger partial charge in [0, 0.05) is 22.5 Å². The van der Waals surface area contributed by atoms with E-state index >= 15 is 0 Å². The molecule has 0 atom stereocenters. The molecule has 15 heteroatoms. The monoisotopic (exact) mass is 699 g/mol. The summed E-state index contributed by atoms with van der Waals surface area (Å²) in [5.74, 6) is -2.69. The van der Waals surface area contributed by atoms with Crippen LogP contribution in [0.5, 0.6) is 5.88 Å². The van der Waals surface area contributed by atoms with Crippen molar-refractivity contribution in [2.45, 2.75) is 13.8 Å². The minimum Gasteiger partial charge on any atom is -0.858 e. The van der Waals surface area contributed by atoms with E-state index in [1.165, 1.54) is 61.6 Å². The van der Waals surface area contributed by atoms with E-state index in [4.69, 9.17) is 74.3 Å². The molecule has 2 heterocycles. The van der Waals surface area contributed by atoms with Crippen molar-refractivity contribution in [1.29, 1.82) is 0 Å². The van der Waals surface area contributed by atoms with Gasteiger partial charge in [-0.1, -0.05) is 93.9 Å². The Morgan fingerprint density at radius 2 is 1.47 bits per heavy atom. The molecule has 0 fully saturated rings. The lowest BCUT2D eigenvalue weighted by atomic mass is 10.1. The van der Waals surface area contributed by atoms with Gasteiger partial charge in [-0.25, -0.2) is 9.48 Å². The number of Topliss-reactive ketones (excluding diaryl/α,β-unsaturated/α-hetero) is 1. The van der Waals surface area contributed by atoms with Crippen LogP contribution in [0.1, 0.15) is 29.9 Å². The molecule has 0 aliphatic carbocycles. The summed E-state index contributed by atoms with van der Waals surface area (Å²) < 4.78 is 5.93. The average Bonchev–Trinajstić information content (AvgIpc) is 3.40. The number of ketones is 1. The predicted molar refractivity (Wildman–Crippen MR) is 167 cm³/mol. The molecule has 2 aromatic carbocycles. The number of esters is 1. The fraction of sp³-hybridized carbons (Fsp3) is 0.107. The van der Waals surface area contributed by atoms with Gasteiger partial charge in [0.05, 0.1) is 32.3 Å². The van der Waals surface area contributed by atoms with Crippen molar-refractivity contribution in [3.8, 4) is 11.6 Å².